The van der Waals surface area contributed by atoms with Crippen LogP contribution in [0.25, 0.3) is 0 Å². The third kappa shape index (κ3) is 4.51. The van der Waals surface area contributed by atoms with Gasteiger partial charge in [0.05, 0.1) is 22.1 Å². The number of Topliss-reactive ketones (excluding diaryl/α,β-unsaturated/α-hetero) is 1. The van der Waals surface area contributed by atoms with Crippen LogP contribution < -0.4 is 4.74 Å². The number of nitrogens with zero attached hydrogens (tertiary/aromatic N) is 3. The Hall–Kier alpha value is -3.20. The lowest BCUT2D eigenvalue weighted by atomic mass is 10.0. The monoisotopic (exact) mass is 443 g/mol. The Balaban J connectivity index is 2.56. The maximum Gasteiger partial charge on any atom is 0.423 e. The number of carbonyl (C=O) groups excluding carboxylic acids is 1. The first-order valence-electron chi connectivity index (χ1n) is 8.24. The Morgan fingerprint density at radius 1 is 1.37 bits per heavy atom. The number of nitro benzene ring substituents is 1. The first kappa shape index (κ1) is 23.1. The number of rotatable bonds is 7. The molecule has 1 aromatic heterocycles. The molecule has 0 bridgehead atoms. The van der Waals surface area contributed by atoms with E-state index in [1.807, 2.05) is 0 Å². The van der Waals surface area contributed by atoms with Gasteiger partial charge in [-0.1, -0.05) is 18.7 Å². The zero-order chi connectivity index (χ0) is 22.7. The van der Waals surface area contributed by atoms with E-state index < -0.39 is 44.5 Å². The van der Waals surface area contributed by atoms with Crippen LogP contribution in [0.1, 0.15) is 18.9 Å². The van der Waals surface area contributed by atoms with Crippen molar-refractivity contribution in [1.82, 2.24) is 4.98 Å². The Morgan fingerprint density at radius 2 is 2.03 bits per heavy atom. The highest BCUT2D eigenvalue weighted by molar-refractivity contribution is 8.02. The molecule has 0 radical (unpaired) electrons. The maximum atomic E-state index is 13.7. The summed E-state index contributed by atoms with van der Waals surface area (Å²) in [6, 6.07) is 4.97. The number of hydrogen-bond donors (Lipinski definition) is 0. The lowest BCUT2D eigenvalue weighted by Gasteiger charge is -2.26. The molecule has 0 fully saturated rings. The maximum absolute atomic E-state index is 13.7. The highest BCUT2D eigenvalue weighted by atomic mass is 32.2. The molecule has 0 aliphatic heterocycles. The molecule has 30 heavy (non-hydrogen) atoms. The minimum atomic E-state index is -5.29. The van der Waals surface area contributed by atoms with Crippen LogP contribution in [-0.2, 0) is 4.79 Å². The highest BCUT2D eigenvalue weighted by Gasteiger charge is 2.61. The SMILES string of the molecule is CCC(=O)C(C#N)(Sc1cc(Oc2ncc(F)cc2C)ccc1[N+](=O)[O-])C(F)(F)F. The molecule has 158 valence electrons. The molecule has 1 atom stereocenters. The fourth-order valence-corrected chi connectivity index (χ4v) is 3.54. The third-order valence-corrected chi connectivity index (χ3v) is 5.28. The number of ketones is 1. The molecule has 1 aromatic carbocycles. The number of alkyl halides is 3. The molecule has 0 aliphatic carbocycles. The van der Waals surface area contributed by atoms with Crippen molar-refractivity contribution in [2.24, 2.45) is 0 Å². The summed E-state index contributed by atoms with van der Waals surface area (Å²) in [6.45, 7) is 2.62. The predicted molar refractivity (Wildman–Crippen MR) is 97.7 cm³/mol. The number of carbonyl (C=O) groups is 1. The fraction of sp³-hybridized carbons (Fsp3) is 0.278. The Labute approximate surface area is 171 Å². The summed E-state index contributed by atoms with van der Waals surface area (Å²) in [5.41, 5.74) is -0.478. The van der Waals surface area contributed by atoms with Gasteiger partial charge in [-0.2, -0.15) is 18.4 Å². The van der Waals surface area contributed by atoms with E-state index in [-0.39, 0.29) is 29.0 Å². The van der Waals surface area contributed by atoms with Gasteiger partial charge in [0.2, 0.25) is 5.88 Å². The second-order valence-electron chi connectivity index (χ2n) is 5.93. The zero-order valence-corrected chi connectivity index (χ0v) is 16.3. The number of ether oxygens (including phenoxy) is 1. The van der Waals surface area contributed by atoms with Crippen LogP contribution in [0, 0.1) is 34.2 Å². The molecule has 1 heterocycles. The largest absolute Gasteiger partial charge is 0.439 e. The van der Waals surface area contributed by atoms with E-state index in [0.717, 1.165) is 43.5 Å². The van der Waals surface area contributed by atoms with E-state index in [2.05, 4.69) is 4.98 Å². The number of aryl methyl sites for hydroxylation is 1. The van der Waals surface area contributed by atoms with Gasteiger partial charge < -0.3 is 4.74 Å². The van der Waals surface area contributed by atoms with Crippen molar-refractivity contribution >= 4 is 23.2 Å². The number of pyridine rings is 1. The summed E-state index contributed by atoms with van der Waals surface area (Å²) in [4.78, 5) is 25.5. The standard InChI is InChI=1S/C18H13F4N3O4S/c1-3-15(26)17(9-23,18(20,21)22)30-14-7-12(4-5-13(14)25(27)28)29-16-10(2)6-11(19)8-24-16/h4-8H,3H2,1-2H3. The Bertz CT molecular complexity index is 1040. The second kappa shape index (κ2) is 8.66. The van der Waals surface area contributed by atoms with E-state index >= 15 is 0 Å². The third-order valence-electron chi connectivity index (χ3n) is 3.87. The normalized spacial score (nSPS) is 13.2. The van der Waals surface area contributed by atoms with Gasteiger partial charge >= 0.3 is 6.18 Å². The van der Waals surface area contributed by atoms with Crippen molar-refractivity contribution in [2.45, 2.75) is 36.1 Å². The number of thioether (sulfide) groups is 1. The van der Waals surface area contributed by atoms with E-state index in [9.17, 15) is 37.7 Å². The van der Waals surface area contributed by atoms with Crippen LogP contribution in [0.2, 0.25) is 0 Å². The van der Waals surface area contributed by atoms with Gasteiger partial charge in [-0.15, -0.1) is 0 Å². The van der Waals surface area contributed by atoms with Gasteiger partial charge in [-0.3, -0.25) is 14.9 Å². The van der Waals surface area contributed by atoms with Gasteiger partial charge in [0, 0.05) is 24.1 Å². The van der Waals surface area contributed by atoms with Crippen molar-refractivity contribution < 1.29 is 32.0 Å². The number of nitriles is 1. The summed E-state index contributed by atoms with van der Waals surface area (Å²) in [6.07, 6.45) is -5.05. The summed E-state index contributed by atoms with van der Waals surface area (Å²) in [5, 5.41) is 20.5. The van der Waals surface area contributed by atoms with Crippen LogP contribution in [0.15, 0.2) is 35.4 Å². The number of nitro groups is 1. The molecule has 0 aliphatic rings. The molecule has 7 nitrogen and oxygen atoms in total. The van der Waals surface area contributed by atoms with Gasteiger partial charge in [-0.05, 0) is 19.1 Å². The van der Waals surface area contributed by atoms with Crippen molar-refractivity contribution in [3.63, 3.8) is 0 Å². The fourth-order valence-electron chi connectivity index (χ4n) is 2.37. The van der Waals surface area contributed by atoms with Crippen molar-refractivity contribution in [2.75, 3.05) is 0 Å². The molecule has 0 saturated carbocycles. The average molecular weight is 443 g/mol. The molecule has 12 heteroatoms. The predicted octanol–water partition coefficient (Wildman–Crippen LogP) is 5.13. The van der Waals surface area contributed by atoms with E-state index in [1.165, 1.54) is 6.92 Å². The van der Waals surface area contributed by atoms with Crippen LogP contribution in [0.4, 0.5) is 23.2 Å². The second-order valence-corrected chi connectivity index (χ2v) is 7.19. The molecule has 0 N–H and O–H groups in total. The molecule has 2 rings (SSSR count). The van der Waals surface area contributed by atoms with Gasteiger partial charge in [0.25, 0.3) is 10.4 Å². The number of aromatic nitrogens is 1. The van der Waals surface area contributed by atoms with Gasteiger partial charge in [-0.25, -0.2) is 9.37 Å². The molecule has 2 aromatic rings. The Kier molecular flexibility index (Phi) is 6.66. The van der Waals surface area contributed by atoms with E-state index in [0.29, 0.717) is 0 Å². The number of benzene rings is 1. The van der Waals surface area contributed by atoms with Crippen LogP contribution in [-0.4, -0.2) is 26.6 Å². The smallest absolute Gasteiger partial charge is 0.423 e. The Morgan fingerprint density at radius 3 is 2.53 bits per heavy atom. The van der Waals surface area contributed by atoms with Gasteiger partial charge in [0.15, 0.2) is 5.78 Å². The molecule has 0 amide bonds. The van der Waals surface area contributed by atoms with Gasteiger partial charge in [0.1, 0.15) is 11.6 Å². The topological polar surface area (TPSA) is 106 Å². The minimum Gasteiger partial charge on any atom is -0.439 e. The molecular weight excluding hydrogens is 430 g/mol. The minimum absolute atomic E-state index is 0.0757. The average Bonchev–Trinajstić information content (AvgIpc) is 2.66. The lowest BCUT2D eigenvalue weighted by molar-refractivity contribution is -0.387. The quantitative estimate of drug-likeness (QED) is 0.253. The summed E-state index contributed by atoms with van der Waals surface area (Å²) in [5.74, 6) is -2.31. The van der Waals surface area contributed by atoms with Crippen molar-refractivity contribution in [1.29, 1.82) is 5.26 Å². The molecule has 0 saturated heterocycles. The number of hydrogen-bond acceptors (Lipinski definition) is 7. The van der Waals surface area contributed by atoms with Crippen LogP contribution in [0.5, 0.6) is 11.6 Å². The lowest BCUT2D eigenvalue weighted by Crippen LogP contribution is -2.47. The summed E-state index contributed by atoms with van der Waals surface area (Å²) < 4.78 is 56.0. The zero-order valence-electron chi connectivity index (χ0n) is 15.5. The first-order chi connectivity index (χ1) is 13.9. The first-order valence-corrected chi connectivity index (χ1v) is 9.05. The number of halogens is 4. The van der Waals surface area contributed by atoms with E-state index in [4.69, 9.17) is 4.74 Å². The van der Waals surface area contributed by atoms with Crippen molar-refractivity contribution in [3.8, 4) is 17.7 Å². The molecule has 1 unspecified atom stereocenters. The van der Waals surface area contributed by atoms with E-state index in [1.54, 1.807) is 0 Å². The van der Waals surface area contributed by atoms with Crippen LogP contribution >= 0.6 is 11.8 Å². The summed E-state index contributed by atoms with van der Waals surface area (Å²) in [7, 11) is 0. The molecule has 0 spiro atoms. The molecular formula is C18H13F4N3O4S. The van der Waals surface area contributed by atoms with Crippen LogP contribution in [0.3, 0.4) is 0 Å². The van der Waals surface area contributed by atoms with Crippen molar-refractivity contribution in [3.05, 3.63) is 52.0 Å². The highest BCUT2D eigenvalue weighted by Crippen LogP contribution is 2.49. The summed E-state index contributed by atoms with van der Waals surface area (Å²) >= 11 is -0.276.